The van der Waals surface area contributed by atoms with Gasteiger partial charge in [-0.1, -0.05) is 18.6 Å². The van der Waals surface area contributed by atoms with E-state index in [0.29, 0.717) is 30.2 Å². The number of amidine groups is 1. The molecule has 9 heteroatoms. The highest BCUT2D eigenvalue weighted by Gasteiger charge is 2.24. The quantitative estimate of drug-likeness (QED) is 0.345. The molecule has 0 N–H and O–H groups in total. The van der Waals surface area contributed by atoms with E-state index in [1.165, 1.54) is 36.7 Å². The van der Waals surface area contributed by atoms with Crippen LogP contribution in [0.1, 0.15) is 29.8 Å². The van der Waals surface area contributed by atoms with Gasteiger partial charge in [0.2, 0.25) is 0 Å². The number of rotatable bonds is 7. The van der Waals surface area contributed by atoms with Crippen LogP contribution in [0.25, 0.3) is 27.3 Å². The number of hydrogen-bond acceptors (Lipinski definition) is 7. The number of likely N-dealkylation sites (tertiary alicyclic amines) is 1. The number of pyridine rings is 1. The average molecular weight is 503 g/mol. The van der Waals surface area contributed by atoms with Gasteiger partial charge in [0.25, 0.3) is 0 Å². The van der Waals surface area contributed by atoms with Gasteiger partial charge in [-0.25, -0.2) is 18.9 Å². The second-order valence-electron chi connectivity index (χ2n) is 9.06. The van der Waals surface area contributed by atoms with Gasteiger partial charge in [-0.2, -0.15) is 5.10 Å². The molecule has 0 saturated carbocycles. The van der Waals surface area contributed by atoms with Gasteiger partial charge in [-0.05, 0) is 51.1 Å². The lowest BCUT2D eigenvalue weighted by molar-refractivity contribution is 0.183. The first-order valence-electron chi connectivity index (χ1n) is 12.3. The third-order valence-electron chi connectivity index (χ3n) is 6.62. The lowest BCUT2D eigenvalue weighted by atomic mass is 10.1. The number of nitrogens with zero attached hydrogens (tertiary/aromatic N) is 6. The average Bonchev–Trinajstić information content (AvgIpc) is 3.63. The highest BCUT2D eigenvalue weighted by atomic mass is 32.1. The number of aryl methyl sites for hydroxylation is 1. The molecular weight excluding hydrogens is 475 g/mol. The number of ether oxygens (including phenoxy) is 1. The molecule has 36 heavy (non-hydrogen) atoms. The van der Waals surface area contributed by atoms with Crippen LogP contribution in [0.4, 0.5) is 4.39 Å². The Hall–Kier alpha value is -3.43. The molecule has 4 aromatic rings. The van der Waals surface area contributed by atoms with Crippen molar-refractivity contribution in [1.82, 2.24) is 19.5 Å². The molecule has 2 aliphatic rings. The Labute approximate surface area is 213 Å². The molecule has 0 spiro atoms. The number of halogens is 1. The van der Waals surface area contributed by atoms with Crippen molar-refractivity contribution in [2.45, 2.75) is 26.2 Å². The summed E-state index contributed by atoms with van der Waals surface area (Å²) in [4.78, 5) is 17.0. The van der Waals surface area contributed by atoms with E-state index in [0.717, 1.165) is 52.0 Å². The first kappa shape index (κ1) is 23.0. The van der Waals surface area contributed by atoms with Crippen LogP contribution in [-0.4, -0.2) is 64.3 Å². The molecular formula is C27H27FN6OS. The van der Waals surface area contributed by atoms with E-state index >= 15 is 0 Å². The minimum absolute atomic E-state index is 0.320. The van der Waals surface area contributed by atoms with Crippen molar-refractivity contribution in [3.05, 3.63) is 59.0 Å². The van der Waals surface area contributed by atoms with E-state index in [4.69, 9.17) is 14.8 Å². The first-order chi connectivity index (χ1) is 17.7. The topological polar surface area (TPSA) is 67.4 Å². The number of aliphatic imine (C=N–C) groups is 2. The molecule has 1 saturated heterocycles. The highest BCUT2D eigenvalue weighted by molar-refractivity contribution is 7.17. The van der Waals surface area contributed by atoms with Crippen molar-refractivity contribution in [3.8, 4) is 27.6 Å². The Kier molecular flexibility index (Phi) is 6.33. The molecule has 0 aliphatic carbocycles. The van der Waals surface area contributed by atoms with Crippen LogP contribution in [0, 0.1) is 12.7 Å². The minimum atomic E-state index is -0.320. The number of piperidine rings is 1. The molecule has 1 aromatic carbocycles. The van der Waals surface area contributed by atoms with Crippen LogP contribution in [0.15, 0.2) is 52.6 Å². The fourth-order valence-corrected chi connectivity index (χ4v) is 5.96. The largest absolute Gasteiger partial charge is 0.492 e. The molecule has 6 rings (SSSR count). The Morgan fingerprint density at radius 2 is 1.97 bits per heavy atom. The van der Waals surface area contributed by atoms with E-state index in [1.54, 1.807) is 18.3 Å². The number of benzene rings is 1. The van der Waals surface area contributed by atoms with Gasteiger partial charge in [0.05, 0.1) is 33.9 Å². The molecule has 0 radical (unpaired) electrons. The van der Waals surface area contributed by atoms with Gasteiger partial charge in [-0.3, -0.25) is 9.89 Å². The molecule has 0 bridgehead atoms. The van der Waals surface area contributed by atoms with Gasteiger partial charge in [0, 0.05) is 30.6 Å². The predicted molar refractivity (Wildman–Crippen MR) is 142 cm³/mol. The molecule has 1 fully saturated rings. The Bertz CT molecular complexity index is 1470. The third kappa shape index (κ3) is 4.44. The zero-order chi connectivity index (χ0) is 24.5. The summed E-state index contributed by atoms with van der Waals surface area (Å²) in [5.41, 5.74) is 3.65. The van der Waals surface area contributed by atoms with E-state index < -0.39 is 0 Å². The maximum absolute atomic E-state index is 14.8. The second kappa shape index (κ2) is 9.91. The Morgan fingerprint density at radius 1 is 1.11 bits per heavy atom. The van der Waals surface area contributed by atoms with Crippen molar-refractivity contribution in [2.24, 2.45) is 9.98 Å². The van der Waals surface area contributed by atoms with E-state index in [2.05, 4.69) is 14.9 Å². The van der Waals surface area contributed by atoms with Crippen LogP contribution in [0.2, 0.25) is 0 Å². The van der Waals surface area contributed by atoms with Crippen molar-refractivity contribution in [3.63, 3.8) is 0 Å². The fraction of sp³-hybridized carbons (Fsp3) is 0.333. The van der Waals surface area contributed by atoms with Gasteiger partial charge in [-0.15, -0.1) is 11.3 Å². The van der Waals surface area contributed by atoms with Crippen molar-refractivity contribution in [2.75, 3.05) is 32.8 Å². The summed E-state index contributed by atoms with van der Waals surface area (Å²) in [7, 11) is 0. The highest BCUT2D eigenvalue weighted by Crippen LogP contribution is 2.39. The van der Waals surface area contributed by atoms with Gasteiger partial charge < -0.3 is 4.74 Å². The molecule has 7 nitrogen and oxygen atoms in total. The summed E-state index contributed by atoms with van der Waals surface area (Å²) >= 11 is 1.47. The number of thiazole rings is 1. The lowest BCUT2D eigenvalue weighted by Gasteiger charge is -2.26. The molecule has 0 amide bonds. The van der Waals surface area contributed by atoms with E-state index in [1.807, 2.05) is 35.8 Å². The van der Waals surface area contributed by atoms with Crippen molar-refractivity contribution < 1.29 is 9.13 Å². The van der Waals surface area contributed by atoms with Crippen molar-refractivity contribution in [1.29, 1.82) is 0 Å². The van der Waals surface area contributed by atoms with Gasteiger partial charge in [0.15, 0.2) is 5.84 Å². The lowest BCUT2D eigenvalue weighted by Crippen LogP contribution is -2.33. The number of hydrogen-bond donors (Lipinski definition) is 0. The number of aromatic nitrogens is 3. The fourth-order valence-electron chi connectivity index (χ4n) is 4.81. The van der Waals surface area contributed by atoms with Crippen LogP contribution in [0.5, 0.6) is 5.75 Å². The zero-order valence-corrected chi connectivity index (χ0v) is 21.0. The molecule has 3 aromatic heterocycles. The summed E-state index contributed by atoms with van der Waals surface area (Å²) in [5, 5.41) is 5.45. The van der Waals surface area contributed by atoms with Crippen LogP contribution in [0.3, 0.4) is 0 Å². The summed E-state index contributed by atoms with van der Waals surface area (Å²) in [6, 6.07) is 10.6. The zero-order valence-electron chi connectivity index (χ0n) is 20.2. The summed E-state index contributed by atoms with van der Waals surface area (Å²) < 4.78 is 22.8. The van der Waals surface area contributed by atoms with Crippen molar-refractivity contribution >= 4 is 28.9 Å². The predicted octanol–water partition coefficient (Wildman–Crippen LogP) is 5.27. The van der Waals surface area contributed by atoms with Crippen LogP contribution >= 0.6 is 11.3 Å². The summed E-state index contributed by atoms with van der Waals surface area (Å²) in [6.07, 6.45) is 7.54. The molecule has 184 valence electrons. The maximum atomic E-state index is 14.8. The maximum Gasteiger partial charge on any atom is 0.167 e. The smallest absolute Gasteiger partial charge is 0.167 e. The normalized spacial score (nSPS) is 16.1. The number of fused-ring (bicyclic) bond motifs is 1. The molecule has 5 heterocycles. The summed E-state index contributed by atoms with van der Waals surface area (Å²) in [6.45, 7) is 6.37. The Morgan fingerprint density at radius 3 is 2.78 bits per heavy atom. The third-order valence-corrected chi connectivity index (χ3v) is 7.68. The first-order valence-corrected chi connectivity index (χ1v) is 13.2. The molecule has 0 unspecified atom stereocenters. The molecule has 2 aliphatic heterocycles. The van der Waals surface area contributed by atoms with Gasteiger partial charge in [0.1, 0.15) is 23.2 Å². The standard InChI is InChI=1S/C27H27FN6OS/c1-18-23(22-17-19(9-14-34(22)32-18)35-16-15-33-12-5-2-6-13-33)27-31-24(20-7-3-4-8-21(20)28)25(36-27)26-29-10-11-30-26/h3-4,7-10,14,17H,2,5-6,11-13,15-16H2,1H3. The second-order valence-corrected chi connectivity index (χ2v) is 10.1. The SMILES string of the molecule is Cc1nn2ccc(OCCN3CCCCC3)cc2c1-c1nc(-c2ccccc2F)c(C2=NCC=N2)s1. The van der Waals surface area contributed by atoms with Crippen LogP contribution < -0.4 is 4.74 Å². The Balaban J connectivity index is 1.36. The monoisotopic (exact) mass is 502 g/mol. The molecule has 0 atom stereocenters. The van der Waals surface area contributed by atoms with E-state index in [9.17, 15) is 4.39 Å². The van der Waals surface area contributed by atoms with E-state index in [-0.39, 0.29) is 5.82 Å². The van der Waals surface area contributed by atoms with Crippen LogP contribution in [-0.2, 0) is 0 Å². The summed E-state index contributed by atoms with van der Waals surface area (Å²) in [5.74, 6) is 1.07. The van der Waals surface area contributed by atoms with Gasteiger partial charge >= 0.3 is 0 Å². The minimum Gasteiger partial charge on any atom is -0.492 e.